The Morgan fingerprint density at radius 1 is 1.36 bits per heavy atom. The number of ketones is 1. The van der Waals surface area contributed by atoms with Gasteiger partial charge in [0.25, 0.3) is 5.78 Å². The summed E-state index contributed by atoms with van der Waals surface area (Å²) in [4.78, 5) is 13.9. The maximum absolute atomic E-state index is 11.0. The molecule has 0 radical (unpaired) electrons. The van der Waals surface area contributed by atoms with Gasteiger partial charge in [-0.2, -0.15) is 0 Å². The molecule has 0 saturated heterocycles. The van der Waals surface area contributed by atoms with Crippen molar-refractivity contribution in [1.29, 1.82) is 5.53 Å². The van der Waals surface area contributed by atoms with Crippen LogP contribution in [0.25, 0.3) is 0 Å². The lowest BCUT2D eigenvalue weighted by molar-refractivity contribution is -0.111. The number of carbonyl (C=O) groups excluding carboxylic acids is 1. The molecule has 0 aliphatic heterocycles. The molecule has 0 aliphatic rings. The van der Waals surface area contributed by atoms with Crippen LogP contribution in [-0.2, 0) is 0 Å². The Bertz CT molecular complexity index is 299. The smallest absolute Gasteiger partial charge is 0.281 e. The molecule has 3 heteroatoms. The van der Waals surface area contributed by atoms with Crippen molar-refractivity contribution in [1.82, 2.24) is 0 Å². The summed E-state index contributed by atoms with van der Waals surface area (Å²) in [5.74, 6) is -0.236. The fourth-order valence-corrected chi connectivity index (χ4v) is 0.736. The topological polar surface area (TPSA) is 55.0 Å². The van der Waals surface area contributed by atoms with Crippen LogP contribution in [0.1, 0.15) is 10.4 Å². The van der Waals surface area contributed by atoms with Gasteiger partial charge in [-0.3, -0.25) is 4.79 Å². The minimum absolute atomic E-state index is 0.236. The minimum Gasteiger partial charge on any atom is -0.281 e. The van der Waals surface area contributed by atoms with Crippen LogP contribution in [0.5, 0.6) is 0 Å². The molecule has 0 spiro atoms. The Balaban J connectivity index is 2.94. The summed E-state index contributed by atoms with van der Waals surface area (Å²) in [6.45, 7) is 0. The van der Waals surface area contributed by atoms with Crippen molar-refractivity contribution < 1.29 is 9.58 Å². The molecular weight excluding hydrogens is 140 g/mol. The largest absolute Gasteiger partial charge is 0.377 e. The quantitative estimate of drug-likeness (QED) is 0.290. The molecule has 1 aromatic carbocycles. The Morgan fingerprint density at radius 3 is 2.55 bits per heavy atom. The molecule has 3 nitrogen and oxygen atoms in total. The van der Waals surface area contributed by atoms with E-state index in [0.29, 0.717) is 5.56 Å². The zero-order valence-electron chi connectivity index (χ0n) is 5.82. The lowest BCUT2D eigenvalue weighted by Gasteiger charge is -1.86. The lowest BCUT2D eigenvalue weighted by atomic mass is 10.1. The van der Waals surface area contributed by atoms with E-state index in [2.05, 4.69) is 4.79 Å². The number of carbonyl (C=O) groups is 1. The molecule has 0 aliphatic carbocycles. The summed E-state index contributed by atoms with van der Waals surface area (Å²) in [5.41, 5.74) is 6.99. The van der Waals surface area contributed by atoms with Gasteiger partial charge in [-0.05, 0) is 0 Å². The molecule has 11 heavy (non-hydrogen) atoms. The van der Waals surface area contributed by atoms with E-state index in [-0.39, 0.29) is 5.78 Å². The second kappa shape index (κ2) is 3.44. The predicted octanol–water partition coefficient (Wildman–Crippen LogP) is 1.18. The summed E-state index contributed by atoms with van der Waals surface area (Å²) < 4.78 is 0. The van der Waals surface area contributed by atoms with Crippen molar-refractivity contribution in [3.63, 3.8) is 0 Å². The number of nitrogens with zero attached hydrogens (tertiary/aromatic N) is 1. The van der Waals surface area contributed by atoms with Gasteiger partial charge < -0.3 is 0 Å². The molecule has 0 saturated carbocycles. The normalized spacial score (nSPS) is 8.36. The number of hydrogen-bond acceptors (Lipinski definition) is 2. The molecule has 0 heterocycles. The van der Waals surface area contributed by atoms with E-state index < -0.39 is 0 Å². The fourth-order valence-electron chi connectivity index (χ4n) is 0.736. The van der Waals surface area contributed by atoms with Gasteiger partial charge >= 0.3 is 6.21 Å². The Kier molecular flexibility index (Phi) is 2.31. The van der Waals surface area contributed by atoms with Crippen LogP contribution in [0.3, 0.4) is 0 Å². The average molecular weight is 147 g/mol. The lowest BCUT2D eigenvalue weighted by Crippen LogP contribution is -1.99. The molecule has 1 N–H and O–H groups in total. The van der Waals surface area contributed by atoms with E-state index in [0.717, 1.165) is 6.21 Å². The van der Waals surface area contributed by atoms with Crippen LogP contribution in [0.15, 0.2) is 30.3 Å². The SMILES string of the molecule is N=[N+]=CC(=O)c1ccccc1. The van der Waals surface area contributed by atoms with Crippen molar-refractivity contribution in [2.24, 2.45) is 0 Å². The maximum atomic E-state index is 11.0. The van der Waals surface area contributed by atoms with E-state index in [9.17, 15) is 4.79 Å². The minimum atomic E-state index is -0.236. The van der Waals surface area contributed by atoms with Crippen molar-refractivity contribution in [3.05, 3.63) is 35.9 Å². The maximum Gasteiger partial charge on any atom is 0.377 e. The molecule has 0 atom stereocenters. The third kappa shape index (κ3) is 1.85. The summed E-state index contributed by atoms with van der Waals surface area (Å²) >= 11 is 0. The Labute approximate surface area is 63.9 Å². The molecule has 0 unspecified atom stereocenters. The van der Waals surface area contributed by atoms with Crippen LogP contribution in [0, 0.1) is 5.53 Å². The van der Waals surface area contributed by atoms with Crippen molar-refractivity contribution >= 4 is 12.0 Å². The van der Waals surface area contributed by atoms with Crippen molar-refractivity contribution in [3.8, 4) is 0 Å². The first-order valence-corrected chi connectivity index (χ1v) is 3.14. The number of hydrogen-bond donors (Lipinski definition) is 1. The highest BCUT2D eigenvalue weighted by Crippen LogP contribution is 1.96. The summed E-state index contributed by atoms with van der Waals surface area (Å²) in [6.07, 6.45) is 0.981. The molecule has 0 amide bonds. The molecule has 1 rings (SSSR count). The van der Waals surface area contributed by atoms with Gasteiger partial charge in [0.05, 0.1) is 10.3 Å². The highest BCUT2D eigenvalue weighted by atomic mass is 16.1. The van der Waals surface area contributed by atoms with Gasteiger partial charge in [0.1, 0.15) is 0 Å². The summed E-state index contributed by atoms with van der Waals surface area (Å²) in [6, 6.07) is 8.73. The monoisotopic (exact) mass is 147 g/mol. The molecule has 0 aromatic heterocycles. The third-order valence-electron chi connectivity index (χ3n) is 1.24. The van der Waals surface area contributed by atoms with Crippen LogP contribution in [0.2, 0.25) is 0 Å². The Hall–Kier alpha value is -1.73. The fraction of sp³-hybridized carbons (Fsp3) is 0. The highest BCUT2D eigenvalue weighted by molar-refractivity contribution is 6.33. The van der Waals surface area contributed by atoms with Gasteiger partial charge in [-0.1, -0.05) is 30.3 Å². The molecule has 1 aromatic rings. The van der Waals surface area contributed by atoms with Crippen LogP contribution >= 0.6 is 0 Å². The average Bonchev–Trinajstić information content (AvgIpc) is 2.07. The number of Topliss-reactive ketones (excluding diaryl/α,β-unsaturated/α-hetero) is 1. The number of nitrogens with one attached hydrogen (secondary N) is 1. The van der Waals surface area contributed by atoms with Gasteiger partial charge in [-0.15, -0.1) is 0 Å². The standard InChI is InChI=1S/C8H7N2O/c9-10-6-8(11)7-4-2-1-3-5-7/h1-6,9H/q+1. The first-order chi connectivity index (χ1) is 5.34. The van der Waals surface area contributed by atoms with Crippen molar-refractivity contribution in [2.45, 2.75) is 0 Å². The zero-order valence-corrected chi connectivity index (χ0v) is 5.82. The van der Waals surface area contributed by atoms with Gasteiger partial charge in [0, 0.05) is 5.56 Å². The molecule has 54 valence electrons. The third-order valence-corrected chi connectivity index (χ3v) is 1.24. The van der Waals surface area contributed by atoms with E-state index >= 15 is 0 Å². The van der Waals surface area contributed by atoms with Gasteiger partial charge in [-0.25, -0.2) is 0 Å². The predicted molar refractivity (Wildman–Crippen MR) is 39.8 cm³/mol. The van der Waals surface area contributed by atoms with Gasteiger partial charge in [0.2, 0.25) is 0 Å². The molecule has 0 fully saturated rings. The van der Waals surface area contributed by atoms with Crippen LogP contribution in [-0.4, -0.2) is 16.8 Å². The number of benzene rings is 1. The number of rotatable bonds is 2. The van der Waals surface area contributed by atoms with Gasteiger partial charge in [0.15, 0.2) is 0 Å². The van der Waals surface area contributed by atoms with Crippen LogP contribution < -0.4 is 0 Å². The molecular formula is C8H7N2O+. The highest BCUT2D eigenvalue weighted by Gasteiger charge is 2.05. The first kappa shape index (κ1) is 7.38. The van der Waals surface area contributed by atoms with E-state index in [1.54, 1.807) is 24.3 Å². The van der Waals surface area contributed by atoms with E-state index in [1.165, 1.54) is 0 Å². The first-order valence-electron chi connectivity index (χ1n) is 3.14. The van der Waals surface area contributed by atoms with E-state index in [4.69, 9.17) is 5.53 Å². The Morgan fingerprint density at radius 2 is 2.00 bits per heavy atom. The second-order valence-electron chi connectivity index (χ2n) is 1.99. The second-order valence-corrected chi connectivity index (χ2v) is 1.99. The van der Waals surface area contributed by atoms with E-state index in [1.807, 2.05) is 6.07 Å². The zero-order chi connectivity index (χ0) is 8.10. The van der Waals surface area contributed by atoms with Crippen LogP contribution in [0.4, 0.5) is 0 Å². The summed E-state index contributed by atoms with van der Waals surface area (Å²) in [5, 5.41) is 0. The molecule has 0 bridgehead atoms. The van der Waals surface area contributed by atoms with Crippen molar-refractivity contribution in [2.75, 3.05) is 0 Å². The summed E-state index contributed by atoms with van der Waals surface area (Å²) in [7, 11) is 0.